The number of amides is 1. The van der Waals surface area contributed by atoms with Gasteiger partial charge in [0.25, 0.3) is 0 Å². The van der Waals surface area contributed by atoms with Gasteiger partial charge in [0.1, 0.15) is 0 Å². The highest BCUT2D eigenvalue weighted by Gasteiger charge is 2.19. The molecule has 1 atom stereocenters. The molecular formula is C13H14N4O4. The second-order valence-electron chi connectivity index (χ2n) is 4.37. The van der Waals surface area contributed by atoms with E-state index in [2.05, 4.69) is 15.5 Å². The first-order valence-corrected chi connectivity index (χ1v) is 6.15. The Kier molecular flexibility index (Phi) is 4.29. The zero-order valence-corrected chi connectivity index (χ0v) is 11.2. The number of aromatic nitrogens is 2. The number of hydrogen-bond acceptors (Lipinski definition) is 6. The number of para-hydroxylation sites is 1. The summed E-state index contributed by atoms with van der Waals surface area (Å²) in [5.41, 5.74) is 6.47. The molecule has 8 nitrogen and oxygen atoms in total. The fraction of sp³-hybridized carbons (Fsp3) is 0.231. The van der Waals surface area contributed by atoms with E-state index in [0.717, 1.165) is 0 Å². The van der Waals surface area contributed by atoms with Gasteiger partial charge in [-0.15, -0.1) is 10.2 Å². The van der Waals surface area contributed by atoms with Crippen LogP contribution in [0.3, 0.4) is 0 Å². The van der Waals surface area contributed by atoms with Crippen molar-refractivity contribution >= 4 is 17.6 Å². The van der Waals surface area contributed by atoms with E-state index in [1.807, 2.05) is 0 Å². The maximum absolute atomic E-state index is 11.9. The van der Waals surface area contributed by atoms with Crippen molar-refractivity contribution in [1.82, 2.24) is 10.2 Å². The number of aliphatic carboxylic acids is 1. The second kappa shape index (κ2) is 6.14. The molecule has 0 saturated carbocycles. The summed E-state index contributed by atoms with van der Waals surface area (Å²) in [6.07, 6.45) is -0.451. The van der Waals surface area contributed by atoms with Gasteiger partial charge in [-0.05, 0) is 12.1 Å². The molecule has 0 radical (unpaired) electrons. The number of carboxylic acid groups (broad SMARTS) is 1. The van der Waals surface area contributed by atoms with Gasteiger partial charge >= 0.3 is 5.97 Å². The molecule has 2 aromatic rings. The monoisotopic (exact) mass is 290 g/mol. The first kappa shape index (κ1) is 14.7. The summed E-state index contributed by atoms with van der Waals surface area (Å²) in [4.78, 5) is 22.4. The van der Waals surface area contributed by atoms with Crippen molar-refractivity contribution in [3.8, 4) is 11.5 Å². The molecule has 0 aliphatic carbocycles. The Morgan fingerprint density at radius 3 is 2.71 bits per heavy atom. The zero-order valence-electron chi connectivity index (χ0n) is 11.2. The fourth-order valence-electron chi connectivity index (χ4n) is 1.69. The summed E-state index contributed by atoms with van der Waals surface area (Å²) >= 11 is 0. The van der Waals surface area contributed by atoms with Crippen LogP contribution in [0.2, 0.25) is 0 Å². The molecular weight excluding hydrogens is 276 g/mol. The number of rotatable bonds is 5. The molecule has 0 fully saturated rings. The number of carbonyl (C=O) groups is 2. The molecule has 0 aliphatic rings. The first-order chi connectivity index (χ1) is 9.97. The summed E-state index contributed by atoms with van der Waals surface area (Å²) in [6, 6.07) is 5.66. The lowest BCUT2D eigenvalue weighted by Crippen LogP contribution is -2.37. The van der Waals surface area contributed by atoms with E-state index < -0.39 is 24.3 Å². The SMILES string of the molecule is Cc1nnc(-c2ccccc2NC(=O)C(N)CC(=O)O)o1. The highest BCUT2D eigenvalue weighted by atomic mass is 16.4. The largest absolute Gasteiger partial charge is 0.481 e. The van der Waals surface area contributed by atoms with Gasteiger partial charge in [-0.2, -0.15) is 0 Å². The van der Waals surface area contributed by atoms with E-state index in [-0.39, 0.29) is 5.89 Å². The van der Waals surface area contributed by atoms with Crippen molar-refractivity contribution in [2.75, 3.05) is 5.32 Å². The van der Waals surface area contributed by atoms with Crippen molar-refractivity contribution in [1.29, 1.82) is 0 Å². The summed E-state index contributed by atoms with van der Waals surface area (Å²) in [5, 5.41) is 18.8. The molecule has 1 heterocycles. The number of hydrogen-bond donors (Lipinski definition) is 3. The molecule has 0 saturated heterocycles. The topological polar surface area (TPSA) is 131 Å². The molecule has 8 heteroatoms. The number of aryl methyl sites for hydroxylation is 1. The Morgan fingerprint density at radius 2 is 2.10 bits per heavy atom. The van der Waals surface area contributed by atoms with Gasteiger partial charge in [0.2, 0.25) is 17.7 Å². The molecule has 1 unspecified atom stereocenters. The van der Waals surface area contributed by atoms with E-state index in [1.165, 1.54) is 0 Å². The van der Waals surface area contributed by atoms with Gasteiger partial charge in [-0.3, -0.25) is 9.59 Å². The van der Waals surface area contributed by atoms with E-state index in [4.69, 9.17) is 15.3 Å². The molecule has 0 bridgehead atoms. The minimum Gasteiger partial charge on any atom is -0.481 e. The van der Waals surface area contributed by atoms with Crippen LogP contribution in [0.1, 0.15) is 12.3 Å². The average Bonchev–Trinajstić information content (AvgIpc) is 2.85. The van der Waals surface area contributed by atoms with Crippen molar-refractivity contribution in [3.63, 3.8) is 0 Å². The first-order valence-electron chi connectivity index (χ1n) is 6.15. The van der Waals surface area contributed by atoms with Crippen LogP contribution in [-0.2, 0) is 9.59 Å². The average molecular weight is 290 g/mol. The van der Waals surface area contributed by atoms with Gasteiger partial charge < -0.3 is 20.6 Å². The quantitative estimate of drug-likeness (QED) is 0.741. The number of nitrogens with one attached hydrogen (secondary N) is 1. The number of nitrogens with two attached hydrogens (primary N) is 1. The molecule has 1 aromatic heterocycles. The number of nitrogens with zero attached hydrogens (tertiary/aromatic N) is 2. The van der Waals surface area contributed by atoms with Gasteiger partial charge in [-0.1, -0.05) is 12.1 Å². The van der Waals surface area contributed by atoms with Crippen LogP contribution in [0, 0.1) is 6.92 Å². The molecule has 0 aliphatic heterocycles. The summed E-state index contributed by atoms with van der Waals surface area (Å²) in [7, 11) is 0. The predicted octanol–water partition coefficient (Wildman–Crippen LogP) is 0.786. The third-order valence-electron chi connectivity index (χ3n) is 2.67. The van der Waals surface area contributed by atoms with Crippen LogP contribution in [0.5, 0.6) is 0 Å². The highest BCUT2D eigenvalue weighted by Crippen LogP contribution is 2.26. The second-order valence-corrected chi connectivity index (χ2v) is 4.37. The normalized spacial score (nSPS) is 11.9. The number of anilines is 1. The number of benzene rings is 1. The van der Waals surface area contributed by atoms with E-state index in [0.29, 0.717) is 17.1 Å². The standard InChI is InChI=1S/C13H14N4O4/c1-7-16-17-13(21-7)8-4-2-3-5-10(8)15-12(20)9(14)6-11(18)19/h2-5,9H,6,14H2,1H3,(H,15,20)(H,18,19). The molecule has 1 amide bonds. The van der Waals surface area contributed by atoms with Crippen LogP contribution in [0.4, 0.5) is 5.69 Å². The van der Waals surface area contributed by atoms with Crippen LogP contribution in [0.15, 0.2) is 28.7 Å². The lowest BCUT2D eigenvalue weighted by atomic mass is 10.1. The fourth-order valence-corrected chi connectivity index (χ4v) is 1.69. The Labute approximate surface area is 120 Å². The van der Waals surface area contributed by atoms with Crippen LogP contribution >= 0.6 is 0 Å². The van der Waals surface area contributed by atoms with E-state index in [1.54, 1.807) is 31.2 Å². The Hall–Kier alpha value is -2.74. The van der Waals surface area contributed by atoms with Crippen LogP contribution in [-0.4, -0.2) is 33.2 Å². The summed E-state index contributed by atoms with van der Waals surface area (Å²) in [6.45, 7) is 1.65. The van der Waals surface area contributed by atoms with Gasteiger partial charge in [-0.25, -0.2) is 0 Å². The van der Waals surface area contributed by atoms with E-state index >= 15 is 0 Å². The lowest BCUT2D eigenvalue weighted by molar-refractivity contribution is -0.138. The Morgan fingerprint density at radius 1 is 1.38 bits per heavy atom. The Balaban J connectivity index is 2.21. The zero-order chi connectivity index (χ0) is 15.4. The van der Waals surface area contributed by atoms with Crippen molar-refractivity contribution in [3.05, 3.63) is 30.2 Å². The smallest absolute Gasteiger partial charge is 0.305 e. The minimum absolute atomic E-state index is 0.259. The third-order valence-corrected chi connectivity index (χ3v) is 2.67. The maximum atomic E-state index is 11.9. The van der Waals surface area contributed by atoms with Gasteiger partial charge in [0, 0.05) is 6.92 Å². The summed E-state index contributed by atoms with van der Waals surface area (Å²) in [5.74, 6) is -1.08. The van der Waals surface area contributed by atoms with Crippen molar-refractivity contribution in [2.45, 2.75) is 19.4 Å². The number of carbonyl (C=O) groups excluding carboxylic acids is 1. The molecule has 4 N–H and O–H groups in total. The maximum Gasteiger partial charge on any atom is 0.305 e. The van der Waals surface area contributed by atoms with Crippen LogP contribution in [0.25, 0.3) is 11.5 Å². The van der Waals surface area contributed by atoms with Crippen molar-refractivity contribution in [2.24, 2.45) is 5.73 Å². The molecule has 2 rings (SSSR count). The Bertz CT molecular complexity index is 668. The minimum atomic E-state index is -1.14. The third kappa shape index (κ3) is 3.63. The number of carboxylic acids is 1. The van der Waals surface area contributed by atoms with Gasteiger partial charge in [0.15, 0.2) is 0 Å². The lowest BCUT2D eigenvalue weighted by Gasteiger charge is -2.12. The van der Waals surface area contributed by atoms with E-state index in [9.17, 15) is 9.59 Å². The van der Waals surface area contributed by atoms with Gasteiger partial charge in [0.05, 0.1) is 23.7 Å². The molecule has 0 spiro atoms. The molecule has 21 heavy (non-hydrogen) atoms. The highest BCUT2D eigenvalue weighted by molar-refractivity contribution is 5.99. The molecule has 1 aromatic carbocycles. The molecule has 110 valence electrons. The van der Waals surface area contributed by atoms with Crippen molar-refractivity contribution < 1.29 is 19.1 Å². The summed E-state index contributed by atoms with van der Waals surface area (Å²) < 4.78 is 5.32. The van der Waals surface area contributed by atoms with Crippen LogP contribution < -0.4 is 11.1 Å². The predicted molar refractivity (Wildman–Crippen MR) is 73.3 cm³/mol.